The maximum atomic E-state index is 4.22. The van der Waals surface area contributed by atoms with Crippen molar-refractivity contribution in [2.24, 2.45) is 5.41 Å². The third-order valence-corrected chi connectivity index (χ3v) is 2.79. The standard InChI is InChI=1S/C11H24S/c1-4-5-8-11(2,3)9-6-7-10-12/h12H,4-10H2,1-3H3. The fourth-order valence-electron chi connectivity index (χ4n) is 1.50. The Morgan fingerprint density at radius 1 is 1.00 bits per heavy atom. The van der Waals surface area contributed by atoms with Crippen LogP contribution >= 0.6 is 12.6 Å². The van der Waals surface area contributed by atoms with Crippen LogP contribution in [0.3, 0.4) is 0 Å². The highest BCUT2D eigenvalue weighted by Crippen LogP contribution is 2.29. The molecule has 0 aromatic carbocycles. The summed E-state index contributed by atoms with van der Waals surface area (Å²) in [6, 6.07) is 0. The zero-order valence-electron chi connectivity index (χ0n) is 8.90. The molecule has 1 heteroatoms. The molecule has 0 fully saturated rings. The van der Waals surface area contributed by atoms with Gasteiger partial charge in [0.25, 0.3) is 0 Å². The van der Waals surface area contributed by atoms with E-state index < -0.39 is 0 Å². The third-order valence-electron chi connectivity index (χ3n) is 2.47. The van der Waals surface area contributed by atoms with Crippen molar-refractivity contribution in [2.75, 3.05) is 5.75 Å². The second kappa shape index (κ2) is 6.82. The summed E-state index contributed by atoms with van der Waals surface area (Å²) in [5, 5.41) is 0. The normalized spacial score (nSPS) is 12.0. The maximum Gasteiger partial charge on any atom is -0.00979 e. The number of thiol groups is 1. The van der Waals surface area contributed by atoms with E-state index in [2.05, 4.69) is 33.4 Å². The zero-order valence-corrected chi connectivity index (χ0v) is 9.79. The molecular weight excluding hydrogens is 164 g/mol. The lowest BCUT2D eigenvalue weighted by molar-refractivity contribution is 0.289. The molecule has 0 radical (unpaired) electrons. The molecular formula is C11H24S. The van der Waals surface area contributed by atoms with Crippen molar-refractivity contribution >= 4 is 12.6 Å². The molecule has 0 rings (SSSR count). The van der Waals surface area contributed by atoms with E-state index in [0.29, 0.717) is 5.41 Å². The first-order valence-corrected chi connectivity index (χ1v) is 5.86. The molecule has 0 aliphatic carbocycles. The summed E-state index contributed by atoms with van der Waals surface area (Å²) < 4.78 is 0. The molecule has 0 aromatic heterocycles. The fourth-order valence-corrected chi connectivity index (χ4v) is 1.72. The molecule has 0 saturated carbocycles. The maximum absolute atomic E-state index is 4.22. The second-order valence-corrected chi connectivity index (χ2v) is 4.90. The van der Waals surface area contributed by atoms with Gasteiger partial charge in [0.2, 0.25) is 0 Å². The monoisotopic (exact) mass is 188 g/mol. The summed E-state index contributed by atoms with van der Waals surface area (Å²) >= 11 is 4.22. The minimum Gasteiger partial charge on any atom is -0.179 e. The highest BCUT2D eigenvalue weighted by atomic mass is 32.1. The minimum absolute atomic E-state index is 0.568. The molecule has 0 saturated heterocycles. The molecule has 0 aromatic rings. The quantitative estimate of drug-likeness (QED) is 0.447. The average Bonchev–Trinajstić information content (AvgIpc) is 2.01. The second-order valence-electron chi connectivity index (χ2n) is 4.45. The smallest absolute Gasteiger partial charge is 0.00979 e. The van der Waals surface area contributed by atoms with Gasteiger partial charge in [-0.2, -0.15) is 12.6 Å². The van der Waals surface area contributed by atoms with E-state index in [4.69, 9.17) is 0 Å². The summed E-state index contributed by atoms with van der Waals surface area (Å²) in [6.45, 7) is 7.05. The molecule has 0 aliphatic heterocycles. The van der Waals surface area contributed by atoms with Gasteiger partial charge in [-0.1, -0.05) is 40.0 Å². The molecule has 0 bridgehead atoms. The van der Waals surface area contributed by atoms with Crippen molar-refractivity contribution in [1.29, 1.82) is 0 Å². The Kier molecular flexibility index (Phi) is 7.02. The molecule has 74 valence electrons. The minimum atomic E-state index is 0.568. The average molecular weight is 188 g/mol. The van der Waals surface area contributed by atoms with Crippen molar-refractivity contribution in [1.82, 2.24) is 0 Å². The van der Waals surface area contributed by atoms with E-state index >= 15 is 0 Å². The Labute approximate surface area is 83.5 Å². The first-order valence-electron chi connectivity index (χ1n) is 5.23. The molecule has 12 heavy (non-hydrogen) atoms. The van der Waals surface area contributed by atoms with E-state index in [1.165, 1.54) is 38.5 Å². The van der Waals surface area contributed by atoms with Crippen molar-refractivity contribution in [3.8, 4) is 0 Å². The molecule has 0 aliphatic rings. The van der Waals surface area contributed by atoms with Gasteiger partial charge in [-0.3, -0.25) is 0 Å². The summed E-state index contributed by atoms with van der Waals surface area (Å²) in [5.74, 6) is 1.05. The van der Waals surface area contributed by atoms with Crippen LogP contribution in [0.25, 0.3) is 0 Å². The lowest BCUT2D eigenvalue weighted by Crippen LogP contribution is -2.10. The Balaban J connectivity index is 3.42. The first kappa shape index (κ1) is 12.3. The van der Waals surface area contributed by atoms with Gasteiger partial charge in [-0.15, -0.1) is 0 Å². The molecule has 0 nitrogen and oxygen atoms in total. The van der Waals surface area contributed by atoms with Gasteiger partial charge < -0.3 is 0 Å². The van der Waals surface area contributed by atoms with Crippen molar-refractivity contribution in [3.63, 3.8) is 0 Å². The van der Waals surface area contributed by atoms with E-state index in [1.54, 1.807) is 0 Å². The van der Waals surface area contributed by atoms with Crippen LogP contribution in [0.4, 0.5) is 0 Å². The Morgan fingerprint density at radius 2 is 1.58 bits per heavy atom. The van der Waals surface area contributed by atoms with Crippen LogP contribution in [-0.2, 0) is 0 Å². The fraction of sp³-hybridized carbons (Fsp3) is 1.00. The van der Waals surface area contributed by atoms with Gasteiger partial charge in [-0.05, 0) is 30.4 Å². The number of unbranched alkanes of at least 4 members (excludes halogenated alkanes) is 2. The lowest BCUT2D eigenvalue weighted by Gasteiger charge is -2.24. The third kappa shape index (κ3) is 7.02. The van der Waals surface area contributed by atoms with E-state index in [9.17, 15) is 0 Å². The molecule has 0 atom stereocenters. The summed E-state index contributed by atoms with van der Waals surface area (Å²) in [7, 11) is 0. The first-order chi connectivity index (χ1) is 5.62. The molecule has 0 heterocycles. The van der Waals surface area contributed by atoms with Gasteiger partial charge in [-0.25, -0.2) is 0 Å². The molecule has 0 amide bonds. The molecule has 0 unspecified atom stereocenters. The van der Waals surface area contributed by atoms with Gasteiger partial charge in [0.05, 0.1) is 0 Å². The Morgan fingerprint density at radius 3 is 2.08 bits per heavy atom. The number of rotatable bonds is 7. The van der Waals surface area contributed by atoms with Crippen LogP contribution in [0.1, 0.15) is 59.3 Å². The molecule has 0 spiro atoms. The van der Waals surface area contributed by atoms with Crippen molar-refractivity contribution < 1.29 is 0 Å². The van der Waals surface area contributed by atoms with E-state index in [-0.39, 0.29) is 0 Å². The van der Waals surface area contributed by atoms with Crippen LogP contribution in [0.15, 0.2) is 0 Å². The van der Waals surface area contributed by atoms with Crippen molar-refractivity contribution in [2.45, 2.75) is 59.3 Å². The van der Waals surface area contributed by atoms with Crippen LogP contribution in [0.2, 0.25) is 0 Å². The number of hydrogen-bond acceptors (Lipinski definition) is 1. The number of hydrogen-bond donors (Lipinski definition) is 1. The van der Waals surface area contributed by atoms with Crippen LogP contribution < -0.4 is 0 Å². The van der Waals surface area contributed by atoms with Gasteiger partial charge >= 0.3 is 0 Å². The van der Waals surface area contributed by atoms with Crippen molar-refractivity contribution in [3.05, 3.63) is 0 Å². The topological polar surface area (TPSA) is 0 Å². The Bertz CT molecular complexity index is 97.2. The highest BCUT2D eigenvalue weighted by Gasteiger charge is 2.15. The van der Waals surface area contributed by atoms with Gasteiger partial charge in [0.1, 0.15) is 0 Å². The summed E-state index contributed by atoms with van der Waals surface area (Å²) in [4.78, 5) is 0. The molecule has 0 N–H and O–H groups in total. The van der Waals surface area contributed by atoms with E-state index in [1.807, 2.05) is 0 Å². The highest BCUT2D eigenvalue weighted by molar-refractivity contribution is 7.80. The summed E-state index contributed by atoms with van der Waals surface area (Å²) in [6.07, 6.45) is 8.09. The van der Waals surface area contributed by atoms with Gasteiger partial charge in [0.15, 0.2) is 0 Å². The van der Waals surface area contributed by atoms with Crippen LogP contribution in [0, 0.1) is 5.41 Å². The SMILES string of the molecule is CCCCC(C)(C)CCCCS. The Hall–Kier alpha value is 0.350. The lowest BCUT2D eigenvalue weighted by atomic mass is 9.82. The summed E-state index contributed by atoms with van der Waals surface area (Å²) in [5.41, 5.74) is 0.568. The van der Waals surface area contributed by atoms with Crippen LogP contribution in [-0.4, -0.2) is 5.75 Å². The van der Waals surface area contributed by atoms with Gasteiger partial charge in [0, 0.05) is 0 Å². The predicted octanol–water partition coefficient (Wildman–Crippen LogP) is 4.30. The zero-order chi connectivity index (χ0) is 9.45. The largest absolute Gasteiger partial charge is 0.179 e. The van der Waals surface area contributed by atoms with Crippen LogP contribution in [0.5, 0.6) is 0 Å². The predicted molar refractivity (Wildman–Crippen MR) is 61.0 cm³/mol. The van der Waals surface area contributed by atoms with E-state index in [0.717, 1.165) is 5.75 Å².